The van der Waals surface area contributed by atoms with Gasteiger partial charge in [0.1, 0.15) is 5.75 Å². The summed E-state index contributed by atoms with van der Waals surface area (Å²) in [5.41, 5.74) is 6.10. The standard InChI is InChI=1S/C13H22N2O3S/c1-4-6-10(5-2)15-19(16,17)11-7-8-12(14)13(9-11)18-3/h7-10,15H,4-6,14H2,1-3H3. The summed E-state index contributed by atoms with van der Waals surface area (Å²) in [5, 5.41) is 0. The van der Waals surface area contributed by atoms with Crippen molar-refractivity contribution in [2.45, 2.75) is 44.0 Å². The van der Waals surface area contributed by atoms with E-state index in [4.69, 9.17) is 10.5 Å². The molecule has 0 amide bonds. The maximum atomic E-state index is 12.2. The summed E-state index contributed by atoms with van der Waals surface area (Å²) in [6, 6.07) is 4.42. The maximum absolute atomic E-state index is 12.2. The highest BCUT2D eigenvalue weighted by atomic mass is 32.2. The fraction of sp³-hybridized carbons (Fsp3) is 0.538. The Kier molecular flexibility index (Phi) is 5.62. The van der Waals surface area contributed by atoms with Gasteiger partial charge in [0.15, 0.2) is 0 Å². The first-order valence-electron chi connectivity index (χ1n) is 6.40. The van der Waals surface area contributed by atoms with Gasteiger partial charge in [-0.15, -0.1) is 0 Å². The van der Waals surface area contributed by atoms with E-state index in [-0.39, 0.29) is 10.9 Å². The van der Waals surface area contributed by atoms with Gasteiger partial charge in [0.2, 0.25) is 10.0 Å². The molecule has 0 saturated carbocycles. The number of rotatable bonds is 7. The predicted octanol–water partition coefficient (Wildman–Crippen LogP) is 2.13. The van der Waals surface area contributed by atoms with Crippen molar-refractivity contribution in [3.63, 3.8) is 0 Å². The van der Waals surface area contributed by atoms with Crippen LogP contribution in [0.3, 0.4) is 0 Å². The topological polar surface area (TPSA) is 81.4 Å². The zero-order valence-electron chi connectivity index (χ0n) is 11.6. The molecule has 5 nitrogen and oxygen atoms in total. The molecule has 1 atom stereocenters. The molecule has 0 aromatic heterocycles. The first-order valence-corrected chi connectivity index (χ1v) is 7.88. The van der Waals surface area contributed by atoms with Gasteiger partial charge in [-0.05, 0) is 25.0 Å². The summed E-state index contributed by atoms with van der Waals surface area (Å²) < 4.78 is 32.2. The average Bonchev–Trinajstić information content (AvgIpc) is 2.38. The number of methoxy groups -OCH3 is 1. The van der Waals surface area contributed by atoms with Crippen molar-refractivity contribution < 1.29 is 13.2 Å². The van der Waals surface area contributed by atoms with Crippen molar-refractivity contribution in [2.75, 3.05) is 12.8 Å². The zero-order valence-corrected chi connectivity index (χ0v) is 12.5. The van der Waals surface area contributed by atoms with Crippen LogP contribution in [0.1, 0.15) is 33.1 Å². The summed E-state index contributed by atoms with van der Waals surface area (Å²) in [4.78, 5) is 0.174. The lowest BCUT2D eigenvalue weighted by Gasteiger charge is -2.16. The van der Waals surface area contributed by atoms with E-state index < -0.39 is 10.0 Å². The van der Waals surface area contributed by atoms with Crippen molar-refractivity contribution in [3.8, 4) is 5.75 Å². The second kappa shape index (κ2) is 6.77. The van der Waals surface area contributed by atoms with Crippen LogP contribution in [-0.4, -0.2) is 21.6 Å². The summed E-state index contributed by atoms with van der Waals surface area (Å²) in [7, 11) is -2.07. The number of hydrogen-bond acceptors (Lipinski definition) is 4. The molecule has 1 aromatic carbocycles. The van der Waals surface area contributed by atoms with Gasteiger partial charge in [-0.25, -0.2) is 13.1 Å². The summed E-state index contributed by atoms with van der Waals surface area (Å²) in [5.74, 6) is 0.367. The van der Waals surface area contributed by atoms with Crippen LogP contribution in [0.5, 0.6) is 5.75 Å². The largest absolute Gasteiger partial charge is 0.495 e. The van der Waals surface area contributed by atoms with Gasteiger partial charge >= 0.3 is 0 Å². The second-order valence-electron chi connectivity index (χ2n) is 4.42. The van der Waals surface area contributed by atoms with E-state index >= 15 is 0 Å². The van der Waals surface area contributed by atoms with Gasteiger partial charge in [-0.2, -0.15) is 0 Å². The minimum absolute atomic E-state index is 0.0430. The zero-order chi connectivity index (χ0) is 14.5. The van der Waals surface area contributed by atoms with E-state index in [0.717, 1.165) is 19.3 Å². The number of anilines is 1. The molecule has 0 heterocycles. The van der Waals surface area contributed by atoms with E-state index in [1.54, 1.807) is 0 Å². The molecule has 0 aliphatic rings. The van der Waals surface area contributed by atoms with Crippen molar-refractivity contribution >= 4 is 15.7 Å². The molecule has 0 spiro atoms. The molecule has 0 bridgehead atoms. The fourth-order valence-electron chi connectivity index (χ4n) is 1.84. The van der Waals surface area contributed by atoms with Crippen LogP contribution in [0.4, 0.5) is 5.69 Å². The van der Waals surface area contributed by atoms with Crippen LogP contribution in [0.2, 0.25) is 0 Å². The Hall–Kier alpha value is -1.27. The lowest BCUT2D eigenvalue weighted by atomic mass is 10.1. The monoisotopic (exact) mass is 286 g/mol. The predicted molar refractivity (Wildman–Crippen MR) is 76.7 cm³/mol. The lowest BCUT2D eigenvalue weighted by Crippen LogP contribution is -2.34. The Labute approximate surface area is 115 Å². The van der Waals surface area contributed by atoms with Gasteiger partial charge in [-0.1, -0.05) is 20.3 Å². The molecule has 1 aromatic rings. The Bertz CT molecular complexity index is 515. The molecule has 0 fully saturated rings. The number of ether oxygens (including phenoxy) is 1. The molecule has 0 radical (unpaired) electrons. The summed E-state index contributed by atoms with van der Waals surface area (Å²) in [6.07, 6.45) is 2.52. The fourth-order valence-corrected chi connectivity index (χ4v) is 3.21. The summed E-state index contributed by atoms with van der Waals surface area (Å²) >= 11 is 0. The molecular weight excluding hydrogens is 264 g/mol. The first kappa shape index (κ1) is 15.8. The van der Waals surface area contributed by atoms with Crippen molar-refractivity contribution in [2.24, 2.45) is 0 Å². The normalized spacial score (nSPS) is 13.2. The molecule has 0 saturated heterocycles. The quantitative estimate of drug-likeness (QED) is 0.752. The minimum Gasteiger partial charge on any atom is -0.495 e. The minimum atomic E-state index is -3.53. The van der Waals surface area contributed by atoms with Crippen molar-refractivity contribution in [1.29, 1.82) is 0 Å². The van der Waals surface area contributed by atoms with Crippen LogP contribution < -0.4 is 15.2 Å². The SMILES string of the molecule is CCCC(CC)NS(=O)(=O)c1ccc(N)c(OC)c1. The van der Waals surface area contributed by atoms with Gasteiger partial charge in [-0.3, -0.25) is 0 Å². The van der Waals surface area contributed by atoms with E-state index in [0.29, 0.717) is 11.4 Å². The number of hydrogen-bond donors (Lipinski definition) is 2. The molecular formula is C13H22N2O3S. The number of nitrogen functional groups attached to an aromatic ring is 1. The molecule has 0 aliphatic carbocycles. The molecule has 108 valence electrons. The van der Waals surface area contributed by atoms with Gasteiger partial charge < -0.3 is 10.5 Å². The highest BCUT2D eigenvalue weighted by molar-refractivity contribution is 7.89. The van der Waals surface area contributed by atoms with Gasteiger partial charge in [0, 0.05) is 12.1 Å². The third-order valence-corrected chi connectivity index (χ3v) is 4.49. The van der Waals surface area contributed by atoms with Crippen LogP contribution in [-0.2, 0) is 10.0 Å². The Morgan fingerprint density at radius 1 is 1.37 bits per heavy atom. The molecule has 1 unspecified atom stereocenters. The van der Waals surface area contributed by atoms with Crippen LogP contribution in [0.25, 0.3) is 0 Å². The Balaban J connectivity index is 2.99. The first-order chi connectivity index (χ1) is 8.94. The van der Waals surface area contributed by atoms with Crippen LogP contribution in [0.15, 0.2) is 23.1 Å². The number of nitrogens with one attached hydrogen (secondary N) is 1. The van der Waals surface area contributed by atoms with Crippen LogP contribution in [0, 0.1) is 0 Å². The van der Waals surface area contributed by atoms with Gasteiger partial charge in [0.25, 0.3) is 0 Å². The highest BCUT2D eigenvalue weighted by Crippen LogP contribution is 2.25. The van der Waals surface area contributed by atoms with Crippen LogP contribution >= 0.6 is 0 Å². The Morgan fingerprint density at radius 2 is 2.05 bits per heavy atom. The maximum Gasteiger partial charge on any atom is 0.240 e. The van der Waals surface area contributed by atoms with E-state index in [1.807, 2.05) is 13.8 Å². The molecule has 19 heavy (non-hydrogen) atoms. The Morgan fingerprint density at radius 3 is 2.58 bits per heavy atom. The van der Waals surface area contributed by atoms with E-state index in [2.05, 4.69) is 4.72 Å². The van der Waals surface area contributed by atoms with Crippen molar-refractivity contribution in [3.05, 3.63) is 18.2 Å². The highest BCUT2D eigenvalue weighted by Gasteiger charge is 2.19. The number of benzene rings is 1. The smallest absolute Gasteiger partial charge is 0.240 e. The van der Waals surface area contributed by atoms with E-state index in [9.17, 15) is 8.42 Å². The third-order valence-electron chi connectivity index (χ3n) is 2.97. The van der Waals surface area contributed by atoms with Gasteiger partial charge in [0.05, 0.1) is 17.7 Å². The number of nitrogens with two attached hydrogens (primary N) is 1. The third kappa shape index (κ3) is 4.11. The lowest BCUT2D eigenvalue weighted by molar-refractivity contribution is 0.415. The second-order valence-corrected chi connectivity index (χ2v) is 6.13. The number of sulfonamides is 1. The molecule has 6 heteroatoms. The molecule has 3 N–H and O–H groups in total. The van der Waals surface area contributed by atoms with Crippen molar-refractivity contribution in [1.82, 2.24) is 4.72 Å². The molecule has 0 aliphatic heterocycles. The summed E-state index contributed by atoms with van der Waals surface area (Å²) in [6.45, 7) is 4.00. The van der Waals surface area contributed by atoms with E-state index in [1.165, 1.54) is 25.3 Å². The molecule has 1 rings (SSSR count). The average molecular weight is 286 g/mol.